The highest BCUT2D eigenvalue weighted by atomic mass is 127. The lowest BCUT2D eigenvalue weighted by atomic mass is 10.3. The van der Waals surface area contributed by atoms with Crippen molar-refractivity contribution in [1.29, 1.82) is 0 Å². The number of carboxylic acids is 1. The van der Waals surface area contributed by atoms with Crippen LogP contribution < -0.4 is 0 Å². The van der Waals surface area contributed by atoms with Gasteiger partial charge in [0.15, 0.2) is 5.17 Å². The number of hydrogen-bond acceptors (Lipinski definition) is 4. The van der Waals surface area contributed by atoms with Crippen LogP contribution in [-0.4, -0.2) is 39.3 Å². The van der Waals surface area contributed by atoms with Crippen LogP contribution in [0.2, 0.25) is 0 Å². The van der Waals surface area contributed by atoms with Gasteiger partial charge in [0, 0.05) is 10.6 Å². The summed E-state index contributed by atoms with van der Waals surface area (Å²) in [4.78, 5) is 28.5. The van der Waals surface area contributed by atoms with Gasteiger partial charge in [-0.3, -0.25) is 14.5 Å². The molecule has 5 nitrogen and oxygen atoms in total. The number of benzene rings is 1. The van der Waals surface area contributed by atoms with Gasteiger partial charge in [-0.25, -0.2) is 4.99 Å². The zero-order valence-corrected chi connectivity index (χ0v) is 13.0. The number of amidine groups is 1. The number of carboxylic acid groups (broad SMARTS) is 1. The summed E-state index contributed by atoms with van der Waals surface area (Å²) in [6, 6.07) is 7.48. The van der Waals surface area contributed by atoms with Crippen LogP contribution in [-0.2, 0) is 9.59 Å². The molecule has 1 fully saturated rings. The van der Waals surface area contributed by atoms with Crippen molar-refractivity contribution < 1.29 is 14.7 Å². The number of carbonyl (C=O) groups excluding carboxylic acids is 1. The van der Waals surface area contributed by atoms with Crippen LogP contribution in [0.25, 0.3) is 0 Å². The highest BCUT2D eigenvalue weighted by molar-refractivity contribution is 14.1. The van der Waals surface area contributed by atoms with Crippen LogP contribution in [0.15, 0.2) is 29.3 Å². The Kier molecular flexibility index (Phi) is 4.46. The Hall–Kier alpha value is -1.09. The van der Waals surface area contributed by atoms with Gasteiger partial charge in [-0.2, -0.15) is 0 Å². The molecule has 0 aromatic heterocycles. The second-order valence-corrected chi connectivity index (χ2v) is 6.39. The Bertz CT molecular complexity index is 544. The molecule has 7 heteroatoms. The SMILES string of the molecule is CN1C(=O)C[C@H](C(=O)O)SC1=Nc1ccc(I)cc1. The summed E-state index contributed by atoms with van der Waals surface area (Å²) in [6.45, 7) is 0. The summed E-state index contributed by atoms with van der Waals surface area (Å²) in [5.41, 5.74) is 0.702. The molecule has 1 aliphatic heterocycles. The Morgan fingerprint density at radius 3 is 2.68 bits per heavy atom. The number of amides is 1. The van der Waals surface area contributed by atoms with Crippen molar-refractivity contribution in [2.75, 3.05) is 7.05 Å². The molecular formula is C12H11IN2O3S. The number of halogens is 1. The Morgan fingerprint density at radius 1 is 1.47 bits per heavy atom. The molecule has 1 aromatic rings. The van der Waals surface area contributed by atoms with E-state index in [-0.39, 0.29) is 12.3 Å². The maximum Gasteiger partial charge on any atom is 0.317 e. The van der Waals surface area contributed by atoms with E-state index in [0.29, 0.717) is 10.9 Å². The number of carbonyl (C=O) groups is 2. The highest BCUT2D eigenvalue weighted by Crippen LogP contribution is 2.28. The maximum absolute atomic E-state index is 11.7. The van der Waals surface area contributed by atoms with Crippen LogP contribution in [0.5, 0.6) is 0 Å². The lowest BCUT2D eigenvalue weighted by Gasteiger charge is -2.27. The van der Waals surface area contributed by atoms with Crippen molar-refractivity contribution in [2.24, 2.45) is 4.99 Å². The van der Waals surface area contributed by atoms with Gasteiger partial charge in [-0.1, -0.05) is 11.8 Å². The molecule has 1 amide bonds. The zero-order valence-electron chi connectivity index (χ0n) is 10.0. The number of nitrogens with zero attached hydrogens (tertiary/aromatic N) is 2. The number of thioether (sulfide) groups is 1. The minimum absolute atomic E-state index is 0.00219. The van der Waals surface area contributed by atoms with Gasteiger partial charge in [0.2, 0.25) is 5.91 Å². The summed E-state index contributed by atoms with van der Waals surface area (Å²) in [6.07, 6.45) is 0.00219. The molecule has 0 aliphatic carbocycles. The maximum atomic E-state index is 11.7. The summed E-state index contributed by atoms with van der Waals surface area (Å²) in [7, 11) is 1.61. The van der Waals surface area contributed by atoms with E-state index >= 15 is 0 Å². The molecule has 1 N–H and O–H groups in total. The largest absolute Gasteiger partial charge is 0.480 e. The van der Waals surface area contributed by atoms with Crippen molar-refractivity contribution in [3.8, 4) is 0 Å². The lowest BCUT2D eigenvalue weighted by molar-refractivity contribution is -0.139. The first kappa shape index (κ1) is 14.3. The summed E-state index contributed by atoms with van der Waals surface area (Å²) < 4.78 is 1.09. The molecule has 1 aliphatic rings. The predicted octanol–water partition coefficient (Wildman–Crippen LogP) is 2.33. The van der Waals surface area contributed by atoms with Gasteiger partial charge >= 0.3 is 5.97 Å². The van der Waals surface area contributed by atoms with E-state index in [1.54, 1.807) is 7.05 Å². The molecule has 1 atom stereocenters. The van der Waals surface area contributed by atoms with Gasteiger partial charge in [0.05, 0.1) is 12.1 Å². The molecule has 1 saturated heterocycles. The van der Waals surface area contributed by atoms with Gasteiger partial charge in [0.25, 0.3) is 0 Å². The number of hydrogen-bond donors (Lipinski definition) is 1. The van der Waals surface area contributed by atoms with E-state index in [1.165, 1.54) is 4.90 Å². The van der Waals surface area contributed by atoms with E-state index < -0.39 is 11.2 Å². The fourth-order valence-electron chi connectivity index (χ4n) is 1.52. The summed E-state index contributed by atoms with van der Waals surface area (Å²) in [5, 5.41) is 8.68. The second-order valence-electron chi connectivity index (χ2n) is 3.97. The van der Waals surface area contributed by atoms with Crippen molar-refractivity contribution in [2.45, 2.75) is 11.7 Å². The molecule has 1 aromatic carbocycles. The van der Waals surface area contributed by atoms with E-state index in [9.17, 15) is 9.59 Å². The molecule has 100 valence electrons. The minimum atomic E-state index is -0.984. The average Bonchev–Trinajstić information content (AvgIpc) is 2.37. The van der Waals surface area contributed by atoms with Crippen LogP contribution in [0.4, 0.5) is 5.69 Å². The third-order valence-electron chi connectivity index (χ3n) is 2.60. The van der Waals surface area contributed by atoms with Crippen molar-refractivity contribution in [1.82, 2.24) is 4.90 Å². The van der Waals surface area contributed by atoms with E-state index in [1.807, 2.05) is 24.3 Å². The molecule has 0 saturated carbocycles. The van der Waals surface area contributed by atoms with Gasteiger partial charge in [-0.15, -0.1) is 0 Å². The van der Waals surface area contributed by atoms with E-state index in [0.717, 1.165) is 15.3 Å². The first-order chi connectivity index (χ1) is 8.97. The number of aliphatic carboxylic acids is 1. The topological polar surface area (TPSA) is 70.0 Å². The van der Waals surface area contributed by atoms with Gasteiger partial charge in [0.1, 0.15) is 5.25 Å². The minimum Gasteiger partial charge on any atom is -0.480 e. The van der Waals surface area contributed by atoms with Crippen molar-refractivity contribution in [3.05, 3.63) is 27.8 Å². The second kappa shape index (κ2) is 5.91. The van der Waals surface area contributed by atoms with Gasteiger partial charge in [-0.05, 0) is 46.9 Å². The molecule has 0 unspecified atom stereocenters. The third-order valence-corrected chi connectivity index (χ3v) is 4.54. The number of aliphatic imine (C=N–C) groups is 1. The molecule has 19 heavy (non-hydrogen) atoms. The normalized spacial score (nSPS) is 21.8. The molecule has 0 spiro atoms. The van der Waals surface area contributed by atoms with Crippen molar-refractivity contribution in [3.63, 3.8) is 0 Å². The molecule has 0 bridgehead atoms. The summed E-state index contributed by atoms with van der Waals surface area (Å²) >= 11 is 3.29. The Labute approximate surface area is 128 Å². The molecular weight excluding hydrogens is 379 g/mol. The average molecular weight is 390 g/mol. The third kappa shape index (κ3) is 3.47. The standard InChI is InChI=1S/C12H11IN2O3S/c1-15-10(16)6-9(11(17)18)19-12(15)14-8-4-2-7(13)3-5-8/h2-5,9H,6H2,1H3,(H,17,18)/t9-/m1/s1. The highest BCUT2D eigenvalue weighted by Gasteiger charge is 2.33. The molecule has 1 heterocycles. The molecule has 2 rings (SSSR count). The smallest absolute Gasteiger partial charge is 0.317 e. The fraction of sp³-hybridized carbons (Fsp3) is 0.250. The summed E-state index contributed by atoms with van der Waals surface area (Å²) in [5.74, 6) is -1.21. The van der Waals surface area contributed by atoms with E-state index in [4.69, 9.17) is 5.11 Å². The van der Waals surface area contributed by atoms with Gasteiger partial charge < -0.3 is 5.11 Å². The van der Waals surface area contributed by atoms with Crippen LogP contribution in [0, 0.1) is 3.57 Å². The van der Waals surface area contributed by atoms with Crippen molar-refractivity contribution >= 4 is 57.1 Å². The Morgan fingerprint density at radius 2 is 2.11 bits per heavy atom. The molecule has 0 radical (unpaired) electrons. The monoisotopic (exact) mass is 390 g/mol. The van der Waals surface area contributed by atoms with E-state index in [2.05, 4.69) is 27.6 Å². The van der Waals surface area contributed by atoms with Crippen LogP contribution in [0.1, 0.15) is 6.42 Å². The lowest BCUT2D eigenvalue weighted by Crippen LogP contribution is -2.41. The fourth-order valence-corrected chi connectivity index (χ4v) is 2.87. The Balaban J connectivity index is 2.27. The zero-order chi connectivity index (χ0) is 14.0. The van der Waals surface area contributed by atoms with Crippen LogP contribution >= 0.6 is 34.4 Å². The quantitative estimate of drug-likeness (QED) is 0.788. The first-order valence-electron chi connectivity index (χ1n) is 5.47. The number of rotatable bonds is 2. The first-order valence-corrected chi connectivity index (χ1v) is 7.43. The predicted molar refractivity (Wildman–Crippen MR) is 82.7 cm³/mol. The van der Waals surface area contributed by atoms with Crippen LogP contribution in [0.3, 0.4) is 0 Å².